The first-order chi connectivity index (χ1) is 14.9. The number of piperidine rings is 2. The summed E-state index contributed by atoms with van der Waals surface area (Å²) in [7, 11) is 0. The van der Waals surface area contributed by atoms with Crippen molar-refractivity contribution in [3.05, 3.63) is 30.1 Å². The molecule has 1 N–H and O–H groups in total. The van der Waals surface area contributed by atoms with E-state index in [1.54, 1.807) is 0 Å². The standard InChI is InChI=1S/C26H40N4/c1-2-4-8-21(9-5-3-1)20-29-18-14-23(15-19-29)30-25-11-7-6-10-24(25)28-26(30)22-12-16-27-17-13-22/h6-7,10-11,21-23,27H,1-5,8-9,12-20H2. The monoisotopic (exact) mass is 408 g/mol. The van der Waals surface area contributed by atoms with Crippen molar-refractivity contribution in [2.75, 3.05) is 32.7 Å². The van der Waals surface area contributed by atoms with Crippen LogP contribution < -0.4 is 5.32 Å². The average molecular weight is 409 g/mol. The molecule has 5 rings (SSSR count). The fraction of sp³-hybridized carbons (Fsp3) is 0.731. The number of nitrogens with zero attached hydrogens (tertiary/aromatic N) is 3. The van der Waals surface area contributed by atoms with Gasteiger partial charge in [-0.05, 0) is 69.7 Å². The Balaban J connectivity index is 1.28. The van der Waals surface area contributed by atoms with Crippen molar-refractivity contribution in [3.63, 3.8) is 0 Å². The molecule has 0 amide bonds. The Morgan fingerprint density at radius 1 is 0.833 bits per heavy atom. The maximum absolute atomic E-state index is 5.17. The zero-order valence-electron chi connectivity index (χ0n) is 18.7. The second-order valence-corrected chi connectivity index (χ2v) is 10.1. The van der Waals surface area contributed by atoms with Crippen molar-refractivity contribution in [2.45, 2.75) is 82.6 Å². The Morgan fingerprint density at radius 2 is 1.53 bits per heavy atom. The molecule has 2 aromatic rings. The first-order valence-corrected chi connectivity index (χ1v) is 12.8. The number of hydrogen-bond acceptors (Lipinski definition) is 3. The zero-order chi connectivity index (χ0) is 20.2. The van der Waals surface area contributed by atoms with Gasteiger partial charge in [-0.25, -0.2) is 4.98 Å². The van der Waals surface area contributed by atoms with Crippen LogP contribution in [0.2, 0.25) is 0 Å². The van der Waals surface area contributed by atoms with Crippen molar-refractivity contribution >= 4 is 11.0 Å². The Hall–Kier alpha value is -1.39. The van der Waals surface area contributed by atoms with Gasteiger partial charge < -0.3 is 14.8 Å². The second-order valence-electron chi connectivity index (χ2n) is 10.1. The van der Waals surface area contributed by atoms with Gasteiger partial charge in [0.05, 0.1) is 11.0 Å². The highest BCUT2D eigenvalue weighted by Gasteiger charge is 2.29. The van der Waals surface area contributed by atoms with E-state index in [0.717, 1.165) is 19.0 Å². The van der Waals surface area contributed by atoms with E-state index in [-0.39, 0.29) is 0 Å². The summed E-state index contributed by atoms with van der Waals surface area (Å²) in [6.45, 7) is 6.14. The summed E-state index contributed by atoms with van der Waals surface area (Å²) in [5, 5.41) is 3.53. The third-order valence-electron chi connectivity index (χ3n) is 7.99. The van der Waals surface area contributed by atoms with Gasteiger partial charge in [-0.3, -0.25) is 0 Å². The predicted octanol–water partition coefficient (Wildman–Crippen LogP) is 5.50. The molecule has 1 aliphatic carbocycles. The minimum absolute atomic E-state index is 0.617. The summed E-state index contributed by atoms with van der Waals surface area (Å²) in [6.07, 6.45) is 15.3. The van der Waals surface area contributed by atoms with E-state index in [9.17, 15) is 0 Å². The van der Waals surface area contributed by atoms with Crippen LogP contribution in [0.1, 0.15) is 88.4 Å². The number of fused-ring (bicyclic) bond motifs is 1. The van der Waals surface area contributed by atoms with Gasteiger partial charge in [0.1, 0.15) is 5.82 Å². The van der Waals surface area contributed by atoms with E-state index in [0.29, 0.717) is 12.0 Å². The largest absolute Gasteiger partial charge is 0.325 e. The van der Waals surface area contributed by atoms with Gasteiger partial charge in [-0.2, -0.15) is 0 Å². The molecule has 1 aromatic heterocycles. The van der Waals surface area contributed by atoms with E-state index in [1.807, 2.05) is 0 Å². The van der Waals surface area contributed by atoms with E-state index >= 15 is 0 Å². The SMILES string of the molecule is c1ccc2c(c1)nc(C1CCNCC1)n2C1CCN(CC2CCCCCCC2)CC1. The van der Waals surface area contributed by atoms with Gasteiger partial charge in [-0.15, -0.1) is 0 Å². The van der Waals surface area contributed by atoms with Crippen LogP contribution in [0.4, 0.5) is 0 Å². The van der Waals surface area contributed by atoms with Crippen molar-refractivity contribution in [1.82, 2.24) is 19.8 Å². The molecule has 4 nitrogen and oxygen atoms in total. The van der Waals surface area contributed by atoms with Gasteiger partial charge >= 0.3 is 0 Å². The lowest BCUT2D eigenvalue weighted by Crippen LogP contribution is -2.38. The topological polar surface area (TPSA) is 33.1 Å². The molecule has 1 saturated carbocycles. The van der Waals surface area contributed by atoms with E-state index < -0.39 is 0 Å². The van der Waals surface area contributed by atoms with Gasteiger partial charge in [0.15, 0.2) is 0 Å². The minimum atomic E-state index is 0.617. The lowest BCUT2D eigenvalue weighted by Gasteiger charge is -2.36. The quantitative estimate of drug-likeness (QED) is 0.725. The summed E-state index contributed by atoms with van der Waals surface area (Å²) in [4.78, 5) is 7.95. The maximum atomic E-state index is 5.17. The summed E-state index contributed by atoms with van der Waals surface area (Å²) in [6, 6.07) is 9.46. The number of likely N-dealkylation sites (tertiary alicyclic amines) is 1. The van der Waals surface area contributed by atoms with Crippen LogP contribution in [0, 0.1) is 5.92 Å². The van der Waals surface area contributed by atoms with Crippen LogP contribution in [-0.2, 0) is 0 Å². The van der Waals surface area contributed by atoms with Crippen molar-refractivity contribution in [3.8, 4) is 0 Å². The Labute approximate surface area is 182 Å². The smallest absolute Gasteiger partial charge is 0.113 e. The third kappa shape index (κ3) is 4.60. The highest BCUT2D eigenvalue weighted by molar-refractivity contribution is 5.76. The Kier molecular flexibility index (Phi) is 6.72. The van der Waals surface area contributed by atoms with Crippen LogP contribution >= 0.6 is 0 Å². The van der Waals surface area contributed by atoms with Crippen LogP contribution in [0.3, 0.4) is 0 Å². The van der Waals surface area contributed by atoms with E-state index in [4.69, 9.17) is 4.98 Å². The zero-order valence-corrected chi connectivity index (χ0v) is 18.7. The van der Waals surface area contributed by atoms with Crippen LogP contribution in [0.25, 0.3) is 11.0 Å². The lowest BCUT2D eigenvalue weighted by atomic mass is 9.90. The number of aromatic nitrogens is 2. The Bertz CT molecular complexity index is 790. The normalized spacial score (nSPS) is 24.1. The van der Waals surface area contributed by atoms with Crippen LogP contribution in [0.5, 0.6) is 0 Å². The first-order valence-electron chi connectivity index (χ1n) is 12.8. The number of hydrogen-bond donors (Lipinski definition) is 1. The molecule has 164 valence electrons. The minimum Gasteiger partial charge on any atom is -0.325 e. The maximum Gasteiger partial charge on any atom is 0.113 e. The summed E-state index contributed by atoms with van der Waals surface area (Å²) >= 11 is 0. The molecule has 1 aromatic carbocycles. The molecule has 0 radical (unpaired) electrons. The molecular weight excluding hydrogens is 368 g/mol. The number of rotatable bonds is 4. The fourth-order valence-electron chi connectivity index (χ4n) is 6.26. The molecule has 3 fully saturated rings. The number of nitrogens with one attached hydrogen (secondary N) is 1. The van der Waals surface area contributed by atoms with Crippen LogP contribution in [0.15, 0.2) is 24.3 Å². The molecule has 3 aliphatic rings. The molecule has 0 spiro atoms. The van der Waals surface area contributed by atoms with Crippen LogP contribution in [-0.4, -0.2) is 47.2 Å². The average Bonchev–Trinajstić information content (AvgIpc) is 3.16. The molecule has 0 bridgehead atoms. The lowest BCUT2D eigenvalue weighted by molar-refractivity contribution is 0.151. The summed E-state index contributed by atoms with van der Waals surface area (Å²) in [5.41, 5.74) is 2.56. The van der Waals surface area contributed by atoms with E-state index in [1.165, 1.54) is 107 Å². The molecule has 2 aliphatic heterocycles. The third-order valence-corrected chi connectivity index (χ3v) is 7.99. The molecule has 0 unspecified atom stereocenters. The van der Waals surface area contributed by atoms with Crippen molar-refractivity contribution in [1.29, 1.82) is 0 Å². The highest BCUT2D eigenvalue weighted by Crippen LogP contribution is 2.35. The number of imidazole rings is 1. The second kappa shape index (κ2) is 9.82. The molecular formula is C26H40N4. The van der Waals surface area contributed by atoms with Gasteiger partial charge in [0.2, 0.25) is 0 Å². The van der Waals surface area contributed by atoms with Gasteiger partial charge in [-0.1, -0.05) is 44.2 Å². The van der Waals surface area contributed by atoms with Crippen molar-refractivity contribution < 1.29 is 0 Å². The summed E-state index contributed by atoms with van der Waals surface area (Å²) in [5.74, 6) is 2.93. The first kappa shape index (κ1) is 20.5. The number of benzene rings is 1. The molecule has 3 heterocycles. The molecule has 4 heteroatoms. The van der Waals surface area contributed by atoms with E-state index in [2.05, 4.69) is 39.0 Å². The predicted molar refractivity (Wildman–Crippen MR) is 125 cm³/mol. The fourth-order valence-corrected chi connectivity index (χ4v) is 6.26. The molecule has 30 heavy (non-hydrogen) atoms. The highest BCUT2D eigenvalue weighted by atomic mass is 15.2. The van der Waals surface area contributed by atoms with Gasteiger partial charge in [0.25, 0.3) is 0 Å². The Morgan fingerprint density at radius 3 is 2.30 bits per heavy atom. The summed E-state index contributed by atoms with van der Waals surface area (Å²) < 4.78 is 2.67. The number of para-hydroxylation sites is 2. The van der Waals surface area contributed by atoms with Crippen molar-refractivity contribution in [2.24, 2.45) is 5.92 Å². The molecule has 0 atom stereocenters. The molecule has 2 saturated heterocycles. The van der Waals surface area contributed by atoms with Gasteiger partial charge in [0, 0.05) is 31.6 Å².